The fourth-order valence-corrected chi connectivity index (χ4v) is 4.28. The van der Waals surface area contributed by atoms with E-state index < -0.39 is 25.0 Å². The molecular weight excluding hydrogens is 433 g/mol. The third-order valence-corrected chi connectivity index (χ3v) is 6.04. The van der Waals surface area contributed by atoms with Gasteiger partial charge in [0.05, 0.1) is 13.1 Å². The number of nitrogens with one attached hydrogen (secondary N) is 2. The first-order valence-corrected chi connectivity index (χ1v) is 11.7. The molecule has 0 fully saturated rings. The van der Waals surface area contributed by atoms with E-state index >= 15 is 0 Å². The van der Waals surface area contributed by atoms with Crippen molar-refractivity contribution in [3.63, 3.8) is 0 Å². The molecule has 0 unspecified atom stereocenters. The Morgan fingerprint density at radius 1 is 1.09 bits per heavy atom. The average molecular weight is 467 g/mol. The molecule has 3 amide bonds. The molecule has 0 aromatic heterocycles. The average Bonchev–Trinajstić information content (AvgIpc) is 2.82. The minimum Gasteiger partial charge on any atom is -0.496 e. The summed E-state index contributed by atoms with van der Waals surface area (Å²) in [5.41, 5.74) is 3.01. The third-order valence-electron chi connectivity index (χ3n) is 6.04. The Kier molecular flexibility index (Phi) is 8.95. The number of ether oxygens (including phenoxy) is 1. The van der Waals surface area contributed by atoms with Crippen LogP contribution in [-0.4, -0.2) is 59.6 Å². The number of rotatable bonds is 9. The van der Waals surface area contributed by atoms with E-state index in [2.05, 4.69) is 10.6 Å². The van der Waals surface area contributed by atoms with Gasteiger partial charge in [-0.05, 0) is 36.0 Å². The lowest BCUT2D eigenvalue weighted by molar-refractivity contribution is -0.123. The maximum atomic E-state index is 13.2. The second kappa shape index (κ2) is 11.9. The van der Waals surface area contributed by atoms with Gasteiger partial charge in [0.1, 0.15) is 11.8 Å². The van der Waals surface area contributed by atoms with Gasteiger partial charge < -0.3 is 30.3 Å². The molecule has 1 aliphatic rings. The molecule has 1 heterocycles. The van der Waals surface area contributed by atoms with Crippen molar-refractivity contribution < 1.29 is 24.4 Å². The van der Waals surface area contributed by atoms with E-state index in [9.17, 15) is 19.6 Å². The molecule has 2 atom stereocenters. The fourth-order valence-electron chi connectivity index (χ4n) is 4.28. The van der Waals surface area contributed by atoms with Gasteiger partial charge in [0, 0.05) is 25.1 Å². The van der Waals surface area contributed by atoms with Crippen molar-refractivity contribution in [2.75, 3.05) is 13.7 Å². The Labute approximate surface area is 201 Å². The van der Waals surface area contributed by atoms with Gasteiger partial charge >= 0.3 is 13.1 Å². The number of nitrogens with zero attached hydrogens (tertiary/aromatic N) is 1. The SMILES string of the molecule is COc1cccc2c1CCN(C(=O)N[C@@H](Cc1ccccc1)C(=O)N[C@@H](CC(C)C)B(O)O)C2. The van der Waals surface area contributed by atoms with Crippen LogP contribution in [0.4, 0.5) is 4.79 Å². The summed E-state index contributed by atoms with van der Waals surface area (Å²) in [5.74, 6) is -0.302. The fraction of sp³-hybridized carbons (Fsp3) is 0.440. The number of hydrogen-bond acceptors (Lipinski definition) is 5. The zero-order valence-corrected chi connectivity index (χ0v) is 20.0. The Bertz CT molecular complexity index is 970. The standard InChI is InChI=1S/C25H34BN3O5/c1-17(2)14-23(26(32)33)28-24(30)21(15-18-8-5-4-6-9-18)27-25(31)29-13-12-20-19(16-29)10-7-11-22(20)34-3/h4-11,17,21,23,32-33H,12-16H2,1-3H3,(H,27,31)(H,28,30)/t21-,23-/m0/s1. The highest BCUT2D eigenvalue weighted by atomic mass is 16.5. The maximum Gasteiger partial charge on any atom is 0.475 e. The number of carbonyl (C=O) groups excluding carboxylic acids is 2. The van der Waals surface area contributed by atoms with Crippen LogP contribution in [0.3, 0.4) is 0 Å². The molecule has 3 rings (SSSR count). The minimum atomic E-state index is -1.69. The predicted molar refractivity (Wildman–Crippen MR) is 131 cm³/mol. The number of hydrogen-bond donors (Lipinski definition) is 4. The van der Waals surface area contributed by atoms with Crippen LogP contribution in [0, 0.1) is 5.92 Å². The monoisotopic (exact) mass is 467 g/mol. The van der Waals surface area contributed by atoms with Crippen molar-refractivity contribution in [2.45, 2.75) is 51.6 Å². The molecule has 0 aliphatic carbocycles. The lowest BCUT2D eigenvalue weighted by Crippen LogP contribution is -2.57. The summed E-state index contributed by atoms with van der Waals surface area (Å²) in [6, 6.07) is 14.0. The Hall–Kier alpha value is -3.04. The molecule has 0 saturated heterocycles. The number of amides is 3. The topological polar surface area (TPSA) is 111 Å². The van der Waals surface area contributed by atoms with Crippen LogP contribution >= 0.6 is 0 Å². The minimum absolute atomic E-state index is 0.152. The van der Waals surface area contributed by atoms with E-state index in [0.717, 1.165) is 22.4 Å². The molecule has 0 saturated carbocycles. The van der Waals surface area contributed by atoms with Gasteiger partial charge in [-0.3, -0.25) is 4.79 Å². The second-order valence-electron chi connectivity index (χ2n) is 9.12. The molecular formula is C25H34BN3O5. The van der Waals surface area contributed by atoms with Crippen LogP contribution < -0.4 is 15.4 Å². The van der Waals surface area contributed by atoms with Crippen molar-refractivity contribution in [2.24, 2.45) is 5.92 Å². The number of methoxy groups -OCH3 is 1. The molecule has 0 spiro atoms. The van der Waals surface area contributed by atoms with Crippen LogP contribution in [0.15, 0.2) is 48.5 Å². The van der Waals surface area contributed by atoms with Crippen molar-refractivity contribution in [1.82, 2.24) is 15.5 Å². The van der Waals surface area contributed by atoms with Crippen molar-refractivity contribution in [3.05, 3.63) is 65.2 Å². The molecule has 4 N–H and O–H groups in total. The van der Waals surface area contributed by atoms with E-state index in [1.165, 1.54) is 0 Å². The molecule has 34 heavy (non-hydrogen) atoms. The third kappa shape index (κ3) is 6.74. The molecule has 1 aliphatic heterocycles. The molecule has 0 bridgehead atoms. The Morgan fingerprint density at radius 3 is 2.47 bits per heavy atom. The molecule has 182 valence electrons. The summed E-state index contributed by atoms with van der Waals surface area (Å²) >= 11 is 0. The van der Waals surface area contributed by atoms with Gasteiger partial charge in [0.15, 0.2) is 0 Å². The number of fused-ring (bicyclic) bond motifs is 1. The first-order valence-electron chi connectivity index (χ1n) is 11.7. The highest BCUT2D eigenvalue weighted by Gasteiger charge is 2.31. The second-order valence-corrected chi connectivity index (χ2v) is 9.12. The quantitative estimate of drug-likeness (QED) is 0.421. The van der Waals surface area contributed by atoms with Gasteiger partial charge in [-0.1, -0.05) is 56.3 Å². The highest BCUT2D eigenvalue weighted by molar-refractivity contribution is 6.43. The highest BCUT2D eigenvalue weighted by Crippen LogP contribution is 2.27. The molecule has 2 aromatic rings. The van der Waals surface area contributed by atoms with Crippen LogP contribution in [0.2, 0.25) is 0 Å². The smallest absolute Gasteiger partial charge is 0.475 e. The van der Waals surface area contributed by atoms with Crippen molar-refractivity contribution in [1.29, 1.82) is 0 Å². The molecule has 9 heteroatoms. The van der Waals surface area contributed by atoms with Gasteiger partial charge in [0.25, 0.3) is 0 Å². The molecule has 0 radical (unpaired) electrons. The van der Waals surface area contributed by atoms with Crippen LogP contribution in [0.1, 0.15) is 37.0 Å². The van der Waals surface area contributed by atoms with E-state index in [0.29, 0.717) is 25.9 Å². The van der Waals surface area contributed by atoms with Crippen LogP contribution in [0.25, 0.3) is 0 Å². The van der Waals surface area contributed by atoms with Crippen molar-refractivity contribution in [3.8, 4) is 5.75 Å². The predicted octanol–water partition coefficient (Wildman–Crippen LogP) is 1.92. The van der Waals surface area contributed by atoms with Gasteiger partial charge in [-0.15, -0.1) is 0 Å². The van der Waals surface area contributed by atoms with Gasteiger partial charge in [0.2, 0.25) is 5.91 Å². The normalized spacial score (nSPS) is 14.7. The van der Waals surface area contributed by atoms with Crippen molar-refractivity contribution >= 4 is 19.1 Å². The number of urea groups is 1. The van der Waals surface area contributed by atoms with E-state index in [1.807, 2.05) is 62.4 Å². The lowest BCUT2D eigenvalue weighted by Gasteiger charge is -2.31. The molecule has 2 aromatic carbocycles. The van der Waals surface area contributed by atoms with Crippen LogP contribution in [0.5, 0.6) is 5.75 Å². The zero-order valence-electron chi connectivity index (χ0n) is 20.0. The lowest BCUT2D eigenvalue weighted by atomic mass is 9.75. The molecule has 8 nitrogen and oxygen atoms in total. The van der Waals surface area contributed by atoms with E-state index in [-0.39, 0.29) is 18.4 Å². The zero-order chi connectivity index (χ0) is 24.7. The van der Waals surface area contributed by atoms with Gasteiger partial charge in [-0.2, -0.15) is 0 Å². The summed E-state index contributed by atoms with van der Waals surface area (Å²) in [6.07, 6.45) is 1.35. The Balaban J connectivity index is 1.74. The summed E-state index contributed by atoms with van der Waals surface area (Å²) in [6.45, 7) is 4.80. The largest absolute Gasteiger partial charge is 0.496 e. The summed E-state index contributed by atoms with van der Waals surface area (Å²) in [5, 5.41) is 25.1. The van der Waals surface area contributed by atoms with E-state index in [1.54, 1.807) is 12.0 Å². The van der Waals surface area contributed by atoms with Crippen LogP contribution in [-0.2, 0) is 24.2 Å². The summed E-state index contributed by atoms with van der Waals surface area (Å²) in [7, 11) is -0.0508. The maximum absolute atomic E-state index is 13.2. The number of carbonyl (C=O) groups is 2. The number of benzene rings is 2. The van der Waals surface area contributed by atoms with E-state index in [4.69, 9.17) is 4.74 Å². The van der Waals surface area contributed by atoms with Gasteiger partial charge in [-0.25, -0.2) is 4.79 Å². The first-order chi connectivity index (χ1) is 16.3. The first kappa shape index (κ1) is 25.6. The Morgan fingerprint density at radius 2 is 1.82 bits per heavy atom. The summed E-state index contributed by atoms with van der Waals surface area (Å²) < 4.78 is 5.44. The summed E-state index contributed by atoms with van der Waals surface area (Å²) in [4.78, 5) is 28.0.